The Kier molecular flexibility index (Phi) is 5.51. The topological polar surface area (TPSA) is 51.6 Å². The smallest absolute Gasteiger partial charge is 0.152 e. The Labute approximate surface area is 91.0 Å². The summed E-state index contributed by atoms with van der Waals surface area (Å²) < 4.78 is 11.1. The fourth-order valence-corrected chi connectivity index (χ4v) is 1.22. The molecular formula is C9H12BrNO3. The molecule has 0 saturated heterocycles. The molecule has 0 amide bonds. The third kappa shape index (κ3) is 4.04. The molecule has 1 aromatic rings. The molecule has 14 heavy (non-hydrogen) atoms. The van der Waals surface area contributed by atoms with Gasteiger partial charge in [-0.3, -0.25) is 0 Å². The zero-order valence-corrected chi connectivity index (χ0v) is 9.24. The number of halogens is 1. The van der Waals surface area contributed by atoms with Crippen molar-refractivity contribution in [1.29, 1.82) is 0 Å². The molecule has 1 aromatic heterocycles. The van der Waals surface area contributed by atoms with Gasteiger partial charge in [-0.25, -0.2) is 4.98 Å². The summed E-state index contributed by atoms with van der Waals surface area (Å²) in [5, 5.41) is 8.44. The second-order valence-corrected chi connectivity index (χ2v) is 3.23. The Morgan fingerprint density at radius 2 is 2.21 bits per heavy atom. The molecular weight excluding hydrogens is 250 g/mol. The molecule has 0 atom stereocenters. The molecule has 5 heteroatoms. The highest BCUT2D eigenvalue weighted by Gasteiger charge is 1.99. The first-order valence-electron chi connectivity index (χ1n) is 4.26. The van der Waals surface area contributed by atoms with E-state index in [0.717, 1.165) is 0 Å². The maximum Gasteiger partial charge on any atom is 0.152 e. The number of ether oxygens (including phenoxy) is 2. The summed E-state index contributed by atoms with van der Waals surface area (Å²) in [5.74, 6) is 0.695. The molecule has 0 radical (unpaired) electrons. The molecule has 78 valence electrons. The molecule has 4 nitrogen and oxygen atoms in total. The van der Waals surface area contributed by atoms with Gasteiger partial charge in [-0.2, -0.15) is 0 Å². The van der Waals surface area contributed by atoms with Crippen LogP contribution in [0.25, 0.3) is 0 Å². The largest absolute Gasteiger partial charge is 0.488 e. The standard InChI is InChI=1S/C9H12BrNO3/c10-9-8(2-1-3-11-9)14-7-6-13-5-4-12/h1-3,12H,4-7H2. The fraction of sp³-hybridized carbons (Fsp3) is 0.444. The second-order valence-electron chi connectivity index (χ2n) is 2.48. The summed E-state index contributed by atoms with van der Waals surface area (Å²) in [6.45, 7) is 1.29. The van der Waals surface area contributed by atoms with E-state index < -0.39 is 0 Å². The molecule has 0 aromatic carbocycles. The van der Waals surface area contributed by atoms with E-state index in [1.165, 1.54) is 0 Å². The second kappa shape index (κ2) is 6.75. The molecule has 1 rings (SSSR count). The quantitative estimate of drug-likeness (QED) is 0.619. The summed E-state index contributed by atoms with van der Waals surface area (Å²) in [7, 11) is 0. The van der Waals surface area contributed by atoms with Gasteiger partial charge in [0, 0.05) is 6.20 Å². The van der Waals surface area contributed by atoms with Gasteiger partial charge in [0.1, 0.15) is 11.2 Å². The lowest BCUT2D eigenvalue weighted by Gasteiger charge is -2.06. The molecule has 0 unspecified atom stereocenters. The Balaban J connectivity index is 2.21. The minimum absolute atomic E-state index is 0.0383. The lowest BCUT2D eigenvalue weighted by Crippen LogP contribution is -2.09. The van der Waals surface area contributed by atoms with E-state index in [1.54, 1.807) is 12.3 Å². The van der Waals surface area contributed by atoms with Crippen LogP contribution in [0.1, 0.15) is 0 Å². The van der Waals surface area contributed by atoms with E-state index in [-0.39, 0.29) is 6.61 Å². The fourth-order valence-electron chi connectivity index (χ4n) is 0.856. The minimum atomic E-state index is 0.0383. The van der Waals surface area contributed by atoms with Gasteiger partial charge in [-0.05, 0) is 28.1 Å². The minimum Gasteiger partial charge on any atom is -0.488 e. The summed E-state index contributed by atoms with van der Waals surface area (Å²) >= 11 is 3.26. The number of pyridine rings is 1. The number of hydrogen-bond donors (Lipinski definition) is 1. The molecule has 1 N–H and O–H groups in total. The van der Waals surface area contributed by atoms with Gasteiger partial charge in [-0.15, -0.1) is 0 Å². The van der Waals surface area contributed by atoms with E-state index >= 15 is 0 Å². The molecule has 0 aliphatic carbocycles. The van der Waals surface area contributed by atoms with Crippen LogP contribution in [0.15, 0.2) is 22.9 Å². The van der Waals surface area contributed by atoms with E-state index in [9.17, 15) is 0 Å². The van der Waals surface area contributed by atoms with Crippen molar-refractivity contribution in [3.05, 3.63) is 22.9 Å². The van der Waals surface area contributed by atoms with Crippen molar-refractivity contribution in [3.8, 4) is 5.75 Å². The zero-order valence-electron chi connectivity index (χ0n) is 7.65. The first-order valence-corrected chi connectivity index (χ1v) is 5.06. The van der Waals surface area contributed by atoms with E-state index in [4.69, 9.17) is 14.6 Å². The Morgan fingerprint density at radius 3 is 2.93 bits per heavy atom. The van der Waals surface area contributed by atoms with Gasteiger partial charge < -0.3 is 14.6 Å². The molecule has 0 fully saturated rings. The highest BCUT2D eigenvalue weighted by atomic mass is 79.9. The Hall–Kier alpha value is -0.650. The van der Waals surface area contributed by atoms with Crippen molar-refractivity contribution in [1.82, 2.24) is 4.98 Å². The molecule has 0 saturated carbocycles. The van der Waals surface area contributed by atoms with Crippen LogP contribution < -0.4 is 4.74 Å². The highest BCUT2D eigenvalue weighted by molar-refractivity contribution is 9.10. The van der Waals surface area contributed by atoms with Gasteiger partial charge in [0.05, 0.1) is 19.8 Å². The van der Waals surface area contributed by atoms with E-state index in [0.29, 0.717) is 30.2 Å². The van der Waals surface area contributed by atoms with Crippen molar-refractivity contribution < 1.29 is 14.6 Å². The lowest BCUT2D eigenvalue weighted by molar-refractivity contribution is 0.0702. The van der Waals surface area contributed by atoms with Crippen LogP contribution in [0.3, 0.4) is 0 Å². The number of aliphatic hydroxyl groups excluding tert-OH is 1. The van der Waals surface area contributed by atoms with Gasteiger partial charge >= 0.3 is 0 Å². The third-order valence-corrected chi connectivity index (χ3v) is 2.04. The summed E-state index contributed by atoms with van der Waals surface area (Å²) in [6.07, 6.45) is 1.68. The van der Waals surface area contributed by atoms with Crippen LogP contribution in [-0.2, 0) is 4.74 Å². The average Bonchev–Trinajstić information content (AvgIpc) is 2.20. The summed E-state index contributed by atoms with van der Waals surface area (Å²) in [4.78, 5) is 4.01. The van der Waals surface area contributed by atoms with Crippen LogP contribution in [-0.4, -0.2) is 36.5 Å². The van der Waals surface area contributed by atoms with Gasteiger partial charge in [-0.1, -0.05) is 0 Å². The van der Waals surface area contributed by atoms with E-state index in [2.05, 4.69) is 20.9 Å². The molecule has 0 aliphatic rings. The van der Waals surface area contributed by atoms with Gasteiger partial charge in [0.25, 0.3) is 0 Å². The Morgan fingerprint density at radius 1 is 1.36 bits per heavy atom. The average molecular weight is 262 g/mol. The predicted octanol–water partition coefficient (Wildman–Crippen LogP) is 1.23. The van der Waals surface area contributed by atoms with Crippen LogP contribution in [0.4, 0.5) is 0 Å². The number of rotatable bonds is 6. The molecule has 0 aliphatic heterocycles. The van der Waals surface area contributed by atoms with Crippen LogP contribution in [0.5, 0.6) is 5.75 Å². The summed E-state index contributed by atoms with van der Waals surface area (Å²) in [6, 6.07) is 3.62. The van der Waals surface area contributed by atoms with Crippen LogP contribution in [0.2, 0.25) is 0 Å². The molecule has 1 heterocycles. The van der Waals surface area contributed by atoms with Gasteiger partial charge in [0.15, 0.2) is 5.75 Å². The lowest BCUT2D eigenvalue weighted by atomic mass is 10.5. The van der Waals surface area contributed by atoms with Crippen LogP contribution in [0, 0.1) is 0 Å². The molecule has 0 spiro atoms. The van der Waals surface area contributed by atoms with Crippen molar-refractivity contribution in [2.45, 2.75) is 0 Å². The van der Waals surface area contributed by atoms with Gasteiger partial charge in [0.2, 0.25) is 0 Å². The monoisotopic (exact) mass is 261 g/mol. The number of hydrogen-bond acceptors (Lipinski definition) is 4. The van der Waals surface area contributed by atoms with Crippen molar-refractivity contribution >= 4 is 15.9 Å². The first-order chi connectivity index (χ1) is 6.84. The van der Waals surface area contributed by atoms with E-state index in [1.807, 2.05) is 6.07 Å². The number of aliphatic hydroxyl groups is 1. The third-order valence-electron chi connectivity index (χ3n) is 1.45. The van der Waals surface area contributed by atoms with Crippen molar-refractivity contribution in [3.63, 3.8) is 0 Å². The zero-order chi connectivity index (χ0) is 10.2. The Bertz CT molecular complexity index is 270. The van der Waals surface area contributed by atoms with Crippen LogP contribution >= 0.6 is 15.9 Å². The van der Waals surface area contributed by atoms with Crippen molar-refractivity contribution in [2.24, 2.45) is 0 Å². The summed E-state index contributed by atoms with van der Waals surface area (Å²) in [5.41, 5.74) is 0. The highest BCUT2D eigenvalue weighted by Crippen LogP contribution is 2.20. The maximum absolute atomic E-state index is 8.44. The number of nitrogens with zero attached hydrogens (tertiary/aromatic N) is 1. The number of aromatic nitrogens is 1. The molecule has 0 bridgehead atoms. The SMILES string of the molecule is OCCOCCOc1cccnc1Br. The predicted molar refractivity (Wildman–Crippen MR) is 55.3 cm³/mol. The maximum atomic E-state index is 8.44. The first kappa shape index (κ1) is 11.4. The normalized spacial score (nSPS) is 10.1. The van der Waals surface area contributed by atoms with Crippen molar-refractivity contribution in [2.75, 3.05) is 26.4 Å².